The molecule has 25 heavy (non-hydrogen) atoms. The summed E-state index contributed by atoms with van der Waals surface area (Å²) in [6.07, 6.45) is 0. The van der Waals surface area contributed by atoms with Gasteiger partial charge in [-0.25, -0.2) is 4.39 Å². The molecule has 2 heterocycles. The summed E-state index contributed by atoms with van der Waals surface area (Å²) < 4.78 is 18.8. The van der Waals surface area contributed by atoms with Gasteiger partial charge in [-0.05, 0) is 49.6 Å². The normalized spacial score (nSPS) is 10.5. The predicted octanol–water partition coefficient (Wildman–Crippen LogP) is 4.91. The molecule has 1 amide bonds. The third kappa shape index (κ3) is 3.85. The Morgan fingerprint density at radius 1 is 1.28 bits per heavy atom. The highest BCUT2D eigenvalue weighted by Crippen LogP contribution is 2.27. The van der Waals surface area contributed by atoms with Crippen LogP contribution in [-0.4, -0.2) is 17.5 Å². The third-order valence-electron chi connectivity index (χ3n) is 3.64. The number of carbonyl (C=O) groups excluding carboxylic acids is 1. The molecule has 0 aliphatic carbocycles. The minimum Gasteiger partial charge on any atom is -0.492 e. The van der Waals surface area contributed by atoms with Crippen molar-refractivity contribution in [3.05, 3.63) is 64.2 Å². The number of benzene rings is 1. The zero-order valence-corrected chi connectivity index (χ0v) is 14.7. The van der Waals surface area contributed by atoms with Crippen LogP contribution in [0.25, 0.3) is 11.3 Å². The van der Waals surface area contributed by atoms with Crippen LogP contribution < -0.4 is 10.1 Å². The largest absolute Gasteiger partial charge is 0.492 e. The van der Waals surface area contributed by atoms with Crippen molar-refractivity contribution in [2.24, 2.45) is 0 Å². The van der Waals surface area contributed by atoms with E-state index in [2.05, 4.69) is 10.3 Å². The van der Waals surface area contributed by atoms with Gasteiger partial charge in [-0.15, -0.1) is 0 Å². The van der Waals surface area contributed by atoms with E-state index in [1.165, 1.54) is 18.2 Å². The standard InChI is InChI=1S/C19H17FN2O2S/c1-3-24-18-10-14(20)4-6-17(18)22-19(23)15-5-7-16(21-12(15)2)13-8-9-25-11-13/h4-11H,3H2,1-2H3,(H,22,23). The molecular weight excluding hydrogens is 339 g/mol. The van der Waals surface area contributed by atoms with E-state index in [1.54, 1.807) is 31.3 Å². The quantitative estimate of drug-likeness (QED) is 0.707. The molecule has 0 saturated heterocycles. The monoisotopic (exact) mass is 356 g/mol. The van der Waals surface area contributed by atoms with Gasteiger partial charge in [0.25, 0.3) is 5.91 Å². The van der Waals surface area contributed by atoms with Crippen LogP contribution in [-0.2, 0) is 0 Å². The van der Waals surface area contributed by atoms with E-state index in [4.69, 9.17) is 4.74 Å². The van der Waals surface area contributed by atoms with Crippen LogP contribution in [0.3, 0.4) is 0 Å². The number of rotatable bonds is 5. The number of amides is 1. The van der Waals surface area contributed by atoms with Crippen molar-refractivity contribution in [2.45, 2.75) is 13.8 Å². The van der Waals surface area contributed by atoms with Crippen LogP contribution in [0.4, 0.5) is 10.1 Å². The van der Waals surface area contributed by atoms with Gasteiger partial charge in [-0.1, -0.05) is 0 Å². The lowest BCUT2D eigenvalue weighted by molar-refractivity contribution is 0.102. The zero-order valence-electron chi connectivity index (χ0n) is 13.9. The van der Waals surface area contributed by atoms with E-state index in [0.717, 1.165) is 11.3 Å². The number of hydrogen-bond acceptors (Lipinski definition) is 4. The number of pyridine rings is 1. The molecule has 6 heteroatoms. The van der Waals surface area contributed by atoms with Crippen LogP contribution in [0.15, 0.2) is 47.2 Å². The summed E-state index contributed by atoms with van der Waals surface area (Å²) in [4.78, 5) is 17.1. The number of halogens is 1. The van der Waals surface area contributed by atoms with E-state index in [-0.39, 0.29) is 5.91 Å². The number of thiophene rings is 1. The van der Waals surface area contributed by atoms with Gasteiger partial charge in [0.15, 0.2) is 0 Å². The summed E-state index contributed by atoms with van der Waals surface area (Å²) in [5.74, 6) is -0.426. The second-order valence-corrected chi connectivity index (χ2v) is 6.15. The van der Waals surface area contributed by atoms with Crippen molar-refractivity contribution in [2.75, 3.05) is 11.9 Å². The highest BCUT2D eigenvalue weighted by molar-refractivity contribution is 7.08. The molecule has 1 N–H and O–H groups in total. The van der Waals surface area contributed by atoms with Crippen LogP contribution in [0.1, 0.15) is 23.0 Å². The fraction of sp³-hybridized carbons (Fsp3) is 0.158. The maximum atomic E-state index is 13.4. The van der Waals surface area contributed by atoms with E-state index in [9.17, 15) is 9.18 Å². The molecule has 128 valence electrons. The average molecular weight is 356 g/mol. The lowest BCUT2D eigenvalue weighted by Gasteiger charge is -2.12. The number of ether oxygens (including phenoxy) is 1. The first kappa shape index (κ1) is 17.1. The average Bonchev–Trinajstić information content (AvgIpc) is 3.12. The van der Waals surface area contributed by atoms with Gasteiger partial charge in [-0.3, -0.25) is 9.78 Å². The number of nitrogens with one attached hydrogen (secondary N) is 1. The van der Waals surface area contributed by atoms with Gasteiger partial charge in [0.05, 0.1) is 29.2 Å². The SMILES string of the molecule is CCOc1cc(F)ccc1NC(=O)c1ccc(-c2ccsc2)nc1C. The Labute approximate surface area is 149 Å². The minimum absolute atomic E-state index is 0.302. The maximum absolute atomic E-state index is 13.4. The fourth-order valence-corrected chi connectivity index (χ4v) is 3.09. The van der Waals surface area contributed by atoms with Crippen LogP contribution in [0.5, 0.6) is 5.75 Å². The Morgan fingerprint density at radius 2 is 2.12 bits per heavy atom. The molecule has 0 spiro atoms. The smallest absolute Gasteiger partial charge is 0.257 e. The lowest BCUT2D eigenvalue weighted by Crippen LogP contribution is -2.15. The number of anilines is 1. The summed E-state index contributed by atoms with van der Waals surface area (Å²) in [5.41, 5.74) is 3.37. The summed E-state index contributed by atoms with van der Waals surface area (Å²) in [6, 6.07) is 9.57. The summed E-state index contributed by atoms with van der Waals surface area (Å²) in [7, 11) is 0. The van der Waals surface area contributed by atoms with Gasteiger partial charge >= 0.3 is 0 Å². The van der Waals surface area contributed by atoms with E-state index < -0.39 is 5.82 Å². The van der Waals surface area contributed by atoms with Crippen molar-refractivity contribution >= 4 is 22.9 Å². The van der Waals surface area contributed by atoms with Crippen molar-refractivity contribution in [3.8, 4) is 17.0 Å². The third-order valence-corrected chi connectivity index (χ3v) is 4.32. The topological polar surface area (TPSA) is 51.2 Å². The summed E-state index contributed by atoms with van der Waals surface area (Å²) in [6.45, 7) is 3.97. The molecule has 0 saturated carbocycles. The Hall–Kier alpha value is -2.73. The number of nitrogens with zero attached hydrogens (tertiary/aromatic N) is 1. The van der Waals surface area contributed by atoms with Crippen molar-refractivity contribution in [1.29, 1.82) is 0 Å². The molecule has 3 aromatic rings. The Bertz CT molecular complexity index is 894. The number of aromatic nitrogens is 1. The van der Waals surface area contributed by atoms with Gasteiger partial charge in [0.1, 0.15) is 11.6 Å². The van der Waals surface area contributed by atoms with Gasteiger partial charge in [0, 0.05) is 17.0 Å². The summed E-state index contributed by atoms with van der Waals surface area (Å²) in [5, 5.41) is 6.76. The van der Waals surface area contributed by atoms with Crippen LogP contribution >= 0.6 is 11.3 Å². The van der Waals surface area contributed by atoms with Crippen LogP contribution in [0, 0.1) is 12.7 Å². The van der Waals surface area contributed by atoms with Crippen molar-refractivity contribution in [3.63, 3.8) is 0 Å². The number of hydrogen-bond donors (Lipinski definition) is 1. The number of aryl methyl sites for hydroxylation is 1. The zero-order chi connectivity index (χ0) is 17.8. The first-order chi connectivity index (χ1) is 12.1. The predicted molar refractivity (Wildman–Crippen MR) is 97.8 cm³/mol. The van der Waals surface area contributed by atoms with Gasteiger partial charge in [-0.2, -0.15) is 11.3 Å². The first-order valence-corrected chi connectivity index (χ1v) is 8.76. The van der Waals surface area contributed by atoms with Crippen molar-refractivity contribution in [1.82, 2.24) is 4.98 Å². The second kappa shape index (κ2) is 7.44. The molecule has 3 rings (SSSR count). The first-order valence-electron chi connectivity index (χ1n) is 7.82. The number of carbonyl (C=O) groups is 1. The van der Waals surface area contributed by atoms with E-state index in [1.807, 2.05) is 22.9 Å². The van der Waals surface area contributed by atoms with Gasteiger partial charge in [0.2, 0.25) is 0 Å². The molecule has 0 radical (unpaired) electrons. The molecule has 4 nitrogen and oxygen atoms in total. The highest BCUT2D eigenvalue weighted by atomic mass is 32.1. The Balaban J connectivity index is 1.84. The van der Waals surface area contributed by atoms with Crippen LogP contribution in [0.2, 0.25) is 0 Å². The molecule has 0 unspecified atom stereocenters. The molecule has 0 aliphatic rings. The fourth-order valence-electron chi connectivity index (χ4n) is 2.44. The maximum Gasteiger partial charge on any atom is 0.257 e. The minimum atomic E-state index is -0.417. The molecule has 0 atom stereocenters. The van der Waals surface area contributed by atoms with Crippen molar-refractivity contribution < 1.29 is 13.9 Å². The molecule has 0 fully saturated rings. The Morgan fingerprint density at radius 3 is 2.80 bits per heavy atom. The molecular formula is C19H17FN2O2S. The van der Waals surface area contributed by atoms with E-state index >= 15 is 0 Å². The lowest BCUT2D eigenvalue weighted by atomic mass is 10.1. The highest BCUT2D eigenvalue weighted by Gasteiger charge is 2.14. The molecule has 0 aliphatic heterocycles. The summed E-state index contributed by atoms with van der Waals surface area (Å²) >= 11 is 1.60. The molecule has 1 aromatic carbocycles. The van der Waals surface area contributed by atoms with E-state index in [0.29, 0.717) is 29.3 Å². The molecule has 0 bridgehead atoms. The second-order valence-electron chi connectivity index (χ2n) is 5.37. The Kier molecular flexibility index (Phi) is 5.09. The van der Waals surface area contributed by atoms with Gasteiger partial charge < -0.3 is 10.1 Å². The molecule has 2 aromatic heterocycles.